The Hall–Kier alpha value is -3.56. The monoisotopic (exact) mass is 373 g/mol. The van der Waals surface area contributed by atoms with Crippen molar-refractivity contribution < 1.29 is 18.8 Å². The van der Waals surface area contributed by atoms with Crippen LogP contribution in [-0.4, -0.2) is 35.4 Å². The van der Waals surface area contributed by atoms with Crippen LogP contribution in [0.25, 0.3) is 0 Å². The van der Waals surface area contributed by atoms with Crippen LogP contribution in [0.3, 0.4) is 0 Å². The normalized spacial score (nSPS) is 14.2. The molecule has 1 aliphatic carbocycles. The van der Waals surface area contributed by atoms with Crippen molar-refractivity contribution in [2.24, 2.45) is 11.7 Å². The maximum absolute atomic E-state index is 12.5. The van der Waals surface area contributed by atoms with Crippen molar-refractivity contribution in [1.82, 2.24) is 15.6 Å². The highest BCUT2D eigenvalue weighted by Crippen LogP contribution is 2.32. The smallest absolute Gasteiger partial charge is 0.416 e. The van der Waals surface area contributed by atoms with Gasteiger partial charge in [0.15, 0.2) is 0 Å². The van der Waals surface area contributed by atoms with E-state index in [2.05, 4.69) is 25.4 Å². The molecule has 1 atom stereocenters. The number of aromatic amines is 1. The minimum Gasteiger partial charge on any atom is -0.416 e. The van der Waals surface area contributed by atoms with E-state index in [0.29, 0.717) is 11.3 Å². The van der Waals surface area contributed by atoms with E-state index in [9.17, 15) is 19.2 Å². The van der Waals surface area contributed by atoms with E-state index in [1.54, 1.807) is 18.2 Å². The third-order valence-electron chi connectivity index (χ3n) is 4.15. The summed E-state index contributed by atoms with van der Waals surface area (Å²) < 4.78 is 4.53. The number of H-pyrrole nitrogens is 1. The van der Waals surface area contributed by atoms with Crippen molar-refractivity contribution in [3.8, 4) is 0 Å². The first kappa shape index (κ1) is 18.2. The van der Waals surface area contributed by atoms with Crippen LogP contribution in [0.5, 0.6) is 0 Å². The second-order valence-corrected chi connectivity index (χ2v) is 6.26. The maximum Gasteiger partial charge on any atom is 0.416 e. The number of nitrogens with one attached hydrogen (secondary N) is 4. The highest BCUT2D eigenvalue weighted by atomic mass is 16.4. The molecule has 1 fully saturated rings. The second kappa shape index (κ2) is 7.77. The lowest BCUT2D eigenvalue weighted by Gasteiger charge is -2.19. The lowest BCUT2D eigenvalue weighted by molar-refractivity contribution is 0.0901. The fourth-order valence-corrected chi connectivity index (χ4v) is 2.66. The predicted octanol–water partition coefficient (Wildman–Crippen LogP) is 0.397. The van der Waals surface area contributed by atoms with Gasteiger partial charge in [0.25, 0.3) is 11.8 Å². The van der Waals surface area contributed by atoms with Gasteiger partial charge in [-0.05, 0) is 37.0 Å². The summed E-state index contributed by atoms with van der Waals surface area (Å²) in [5.41, 5.74) is 5.87. The molecule has 1 unspecified atom stereocenters. The standard InChI is InChI=1S/C17H19N5O5/c18-16(25)20-11-3-1-2-10(6-11)14(23)21-12(9-4-5-9)7-19-15(24)13-8-27-17(26)22-13/h1-3,6,8-9,12H,4-5,7H2,(H,19,24)(H,21,23)(H,22,26)(H3,18,20,25). The number of hydrogen-bond acceptors (Lipinski definition) is 5. The number of aromatic nitrogens is 1. The van der Waals surface area contributed by atoms with E-state index in [0.717, 1.165) is 19.1 Å². The van der Waals surface area contributed by atoms with Gasteiger partial charge in [0, 0.05) is 23.8 Å². The molecule has 6 N–H and O–H groups in total. The quantitative estimate of drug-likeness (QED) is 0.474. The van der Waals surface area contributed by atoms with Gasteiger partial charge >= 0.3 is 11.8 Å². The molecule has 0 saturated heterocycles. The molecule has 0 bridgehead atoms. The highest BCUT2D eigenvalue weighted by Gasteiger charge is 2.33. The number of amides is 4. The molecule has 10 nitrogen and oxygen atoms in total. The molecule has 1 aliphatic rings. The Bertz CT molecular complexity index is 914. The molecule has 3 rings (SSSR count). The Labute approximate surface area is 153 Å². The Balaban J connectivity index is 1.61. The summed E-state index contributed by atoms with van der Waals surface area (Å²) in [4.78, 5) is 48.7. The third kappa shape index (κ3) is 4.97. The van der Waals surface area contributed by atoms with Crippen LogP contribution in [-0.2, 0) is 0 Å². The zero-order valence-electron chi connectivity index (χ0n) is 14.3. The lowest BCUT2D eigenvalue weighted by atomic mass is 10.1. The first-order chi connectivity index (χ1) is 12.9. The van der Waals surface area contributed by atoms with Gasteiger partial charge in [-0.2, -0.15) is 0 Å². The Morgan fingerprint density at radius 1 is 1.26 bits per heavy atom. The molecular formula is C17H19N5O5. The number of benzene rings is 1. The fourth-order valence-electron chi connectivity index (χ4n) is 2.66. The van der Waals surface area contributed by atoms with Crippen molar-refractivity contribution in [3.63, 3.8) is 0 Å². The molecule has 0 radical (unpaired) electrons. The molecule has 27 heavy (non-hydrogen) atoms. The van der Waals surface area contributed by atoms with E-state index in [1.807, 2.05) is 0 Å². The number of urea groups is 1. The SMILES string of the molecule is NC(=O)Nc1cccc(C(=O)NC(CNC(=O)c2coc(=O)[nH]2)C2CC2)c1. The van der Waals surface area contributed by atoms with Gasteiger partial charge in [0.2, 0.25) is 0 Å². The lowest BCUT2D eigenvalue weighted by Crippen LogP contribution is -2.45. The van der Waals surface area contributed by atoms with Crippen molar-refractivity contribution in [2.75, 3.05) is 11.9 Å². The summed E-state index contributed by atoms with van der Waals surface area (Å²) in [6.07, 6.45) is 2.94. The zero-order chi connectivity index (χ0) is 19.4. The van der Waals surface area contributed by atoms with E-state index in [1.165, 1.54) is 6.07 Å². The maximum atomic E-state index is 12.5. The van der Waals surface area contributed by atoms with Gasteiger partial charge in [-0.1, -0.05) is 6.07 Å². The minimum absolute atomic E-state index is 0.0195. The van der Waals surface area contributed by atoms with Gasteiger partial charge in [0.1, 0.15) is 12.0 Å². The molecule has 10 heteroatoms. The van der Waals surface area contributed by atoms with Crippen molar-refractivity contribution >= 4 is 23.5 Å². The van der Waals surface area contributed by atoms with E-state index in [-0.39, 0.29) is 30.1 Å². The number of hydrogen-bond donors (Lipinski definition) is 5. The van der Waals surface area contributed by atoms with Crippen molar-refractivity contribution in [1.29, 1.82) is 0 Å². The molecule has 4 amide bonds. The Morgan fingerprint density at radius 3 is 2.67 bits per heavy atom. The Morgan fingerprint density at radius 2 is 2.04 bits per heavy atom. The van der Waals surface area contributed by atoms with Crippen LogP contribution >= 0.6 is 0 Å². The zero-order valence-corrected chi connectivity index (χ0v) is 14.3. The molecular weight excluding hydrogens is 354 g/mol. The number of anilines is 1. The topological polar surface area (TPSA) is 159 Å². The number of carbonyl (C=O) groups is 3. The van der Waals surface area contributed by atoms with Crippen LogP contribution in [0.1, 0.15) is 33.7 Å². The number of primary amides is 1. The van der Waals surface area contributed by atoms with Gasteiger partial charge in [0.05, 0.1) is 0 Å². The molecule has 1 saturated carbocycles. The molecule has 0 spiro atoms. The van der Waals surface area contributed by atoms with Gasteiger partial charge < -0.3 is 26.1 Å². The van der Waals surface area contributed by atoms with E-state index >= 15 is 0 Å². The van der Waals surface area contributed by atoms with Gasteiger partial charge in [-0.25, -0.2) is 9.59 Å². The molecule has 1 aromatic heterocycles. The third-order valence-corrected chi connectivity index (χ3v) is 4.15. The average Bonchev–Trinajstić information content (AvgIpc) is 3.38. The summed E-state index contributed by atoms with van der Waals surface area (Å²) in [5.74, 6) is -1.26. The van der Waals surface area contributed by atoms with Crippen LogP contribution in [0.4, 0.5) is 10.5 Å². The van der Waals surface area contributed by atoms with Crippen LogP contribution in [0.15, 0.2) is 39.7 Å². The average molecular weight is 373 g/mol. The molecule has 1 heterocycles. The van der Waals surface area contributed by atoms with Crippen molar-refractivity contribution in [3.05, 3.63) is 52.3 Å². The first-order valence-corrected chi connectivity index (χ1v) is 8.36. The minimum atomic E-state index is -0.719. The summed E-state index contributed by atoms with van der Waals surface area (Å²) in [6.45, 7) is 0.210. The Kier molecular flexibility index (Phi) is 5.25. The highest BCUT2D eigenvalue weighted by molar-refractivity contribution is 5.97. The fraction of sp³-hybridized carbons (Fsp3) is 0.294. The van der Waals surface area contributed by atoms with E-state index < -0.39 is 17.7 Å². The van der Waals surface area contributed by atoms with Crippen LogP contribution in [0, 0.1) is 5.92 Å². The van der Waals surface area contributed by atoms with E-state index in [4.69, 9.17) is 5.73 Å². The summed E-state index contributed by atoms with van der Waals surface area (Å²) in [7, 11) is 0. The second-order valence-electron chi connectivity index (χ2n) is 6.26. The summed E-state index contributed by atoms with van der Waals surface area (Å²) in [6, 6.07) is 5.39. The molecule has 1 aromatic carbocycles. The van der Waals surface area contributed by atoms with Crippen molar-refractivity contribution in [2.45, 2.75) is 18.9 Å². The number of oxazole rings is 1. The molecule has 142 valence electrons. The summed E-state index contributed by atoms with van der Waals surface area (Å²) >= 11 is 0. The van der Waals surface area contributed by atoms with Gasteiger partial charge in [-0.15, -0.1) is 0 Å². The summed E-state index contributed by atoms with van der Waals surface area (Å²) in [5, 5.41) is 7.98. The largest absolute Gasteiger partial charge is 0.416 e. The first-order valence-electron chi connectivity index (χ1n) is 8.36. The number of rotatable bonds is 7. The number of carbonyl (C=O) groups excluding carboxylic acids is 3. The predicted molar refractivity (Wildman–Crippen MR) is 95.3 cm³/mol. The molecule has 2 aromatic rings. The van der Waals surface area contributed by atoms with Crippen LogP contribution < -0.4 is 27.4 Å². The number of nitrogens with two attached hydrogens (primary N) is 1. The molecule has 0 aliphatic heterocycles. The van der Waals surface area contributed by atoms with Crippen LogP contribution in [0.2, 0.25) is 0 Å². The van der Waals surface area contributed by atoms with Gasteiger partial charge in [-0.3, -0.25) is 14.6 Å².